The summed E-state index contributed by atoms with van der Waals surface area (Å²) in [4.78, 5) is 29.0. The second-order valence-electron chi connectivity index (χ2n) is 10.3. The van der Waals surface area contributed by atoms with Gasteiger partial charge in [0.1, 0.15) is 18.3 Å². The molecule has 8 nitrogen and oxygen atoms in total. The van der Waals surface area contributed by atoms with E-state index in [4.69, 9.17) is 4.74 Å². The molecular formula is C33H43N3O5S. The van der Waals surface area contributed by atoms with Crippen molar-refractivity contribution in [3.63, 3.8) is 0 Å². The molecule has 3 aromatic carbocycles. The van der Waals surface area contributed by atoms with Gasteiger partial charge in [0.05, 0.1) is 17.2 Å². The van der Waals surface area contributed by atoms with Crippen molar-refractivity contribution in [2.75, 3.05) is 24.0 Å². The molecule has 1 N–H and O–H groups in total. The molecule has 226 valence electrons. The molecule has 0 aliphatic heterocycles. The summed E-state index contributed by atoms with van der Waals surface area (Å²) in [5.41, 5.74) is 2.34. The van der Waals surface area contributed by atoms with Crippen molar-refractivity contribution >= 4 is 27.5 Å². The quantitative estimate of drug-likeness (QED) is 0.256. The summed E-state index contributed by atoms with van der Waals surface area (Å²) in [6.45, 7) is 9.79. The summed E-state index contributed by atoms with van der Waals surface area (Å²) in [6, 6.07) is 22.1. The first kappa shape index (κ1) is 32.7. The Hall–Kier alpha value is -3.85. The van der Waals surface area contributed by atoms with Gasteiger partial charge < -0.3 is 15.0 Å². The maximum atomic E-state index is 14.1. The smallest absolute Gasteiger partial charge is 0.264 e. The molecule has 0 spiro atoms. The molecule has 0 radical (unpaired) electrons. The van der Waals surface area contributed by atoms with Gasteiger partial charge in [-0.25, -0.2) is 8.42 Å². The summed E-state index contributed by atoms with van der Waals surface area (Å²) >= 11 is 0. The number of carbonyl (C=O) groups is 2. The number of nitrogens with one attached hydrogen (secondary N) is 1. The monoisotopic (exact) mass is 593 g/mol. The van der Waals surface area contributed by atoms with Gasteiger partial charge >= 0.3 is 0 Å². The Kier molecular flexibility index (Phi) is 12.0. The molecule has 0 unspecified atom stereocenters. The number of ether oxygens (including phenoxy) is 1. The van der Waals surface area contributed by atoms with E-state index >= 15 is 0 Å². The van der Waals surface area contributed by atoms with Crippen molar-refractivity contribution < 1.29 is 22.7 Å². The van der Waals surface area contributed by atoms with Gasteiger partial charge in [-0.2, -0.15) is 0 Å². The van der Waals surface area contributed by atoms with Crippen molar-refractivity contribution in [1.29, 1.82) is 0 Å². The van der Waals surface area contributed by atoms with E-state index < -0.39 is 28.5 Å². The Morgan fingerprint density at radius 3 is 2.10 bits per heavy atom. The highest BCUT2D eigenvalue weighted by Crippen LogP contribution is 2.26. The number of rotatable bonds is 15. The zero-order chi connectivity index (χ0) is 30.7. The van der Waals surface area contributed by atoms with Crippen LogP contribution in [0.1, 0.15) is 51.7 Å². The molecule has 42 heavy (non-hydrogen) atoms. The maximum absolute atomic E-state index is 14.1. The number of benzene rings is 3. The first-order chi connectivity index (χ1) is 20.1. The van der Waals surface area contributed by atoms with Crippen LogP contribution in [0.3, 0.4) is 0 Å². The van der Waals surface area contributed by atoms with Crippen molar-refractivity contribution in [2.24, 2.45) is 0 Å². The van der Waals surface area contributed by atoms with E-state index in [1.54, 1.807) is 24.3 Å². The first-order valence-electron chi connectivity index (χ1n) is 14.6. The van der Waals surface area contributed by atoms with Crippen LogP contribution in [0.4, 0.5) is 5.69 Å². The lowest BCUT2D eigenvalue weighted by Crippen LogP contribution is -2.54. The Morgan fingerprint density at radius 1 is 0.881 bits per heavy atom. The standard InChI is InChI=1S/C33H43N3O5S/c1-6-26(5)34-33(38)31(7-2)35(23-22-27-12-10-9-11-13-27)32(37)24-36(28-16-14-25(4)15-17-28)42(39,40)30-20-18-29(19-21-30)41-8-3/h9-21,26,31H,6-8,22-24H2,1-5H3,(H,34,38)/t26-,31-/m1/s1. The predicted octanol–water partition coefficient (Wildman–Crippen LogP) is 5.35. The third-order valence-corrected chi connectivity index (χ3v) is 8.98. The molecular weight excluding hydrogens is 550 g/mol. The van der Waals surface area contributed by atoms with Gasteiger partial charge in [-0.1, -0.05) is 61.9 Å². The van der Waals surface area contributed by atoms with Crippen LogP contribution in [0.5, 0.6) is 5.75 Å². The van der Waals surface area contributed by atoms with E-state index in [0.717, 1.165) is 21.9 Å². The molecule has 0 saturated heterocycles. The van der Waals surface area contributed by atoms with Gasteiger partial charge in [-0.3, -0.25) is 13.9 Å². The minimum absolute atomic E-state index is 0.0386. The van der Waals surface area contributed by atoms with Crippen LogP contribution in [0.25, 0.3) is 0 Å². The molecule has 0 bridgehead atoms. The van der Waals surface area contributed by atoms with Crippen molar-refractivity contribution in [3.8, 4) is 5.75 Å². The highest BCUT2D eigenvalue weighted by Gasteiger charge is 2.33. The van der Waals surface area contributed by atoms with Crippen molar-refractivity contribution in [1.82, 2.24) is 10.2 Å². The lowest BCUT2D eigenvalue weighted by Gasteiger charge is -2.33. The topological polar surface area (TPSA) is 96.0 Å². The summed E-state index contributed by atoms with van der Waals surface area (Å²) < 4.78 is 34.6. The molecule has 2 atom stereocenters. The second-order valence-corrected chi connectivity index (χ2v) is 12.2. The number of sulfonamides is 1. The van der Waals surface area contributed by atoms with Crippen LogP contribution >= 0.6 is 0 Å². The third-order valence-electron chi connectivity index (χ3n) is 7.19. The maximum Gasteiger partial charge on any atom is 0.264 e. The molecule has 3 rings (SSSR count). The van der Waals surface area contributed by atoms with Crippen LogP contribution in [0, 0.1) is 6.92 Å². The summed E-state index contributed by atoms with van der Waals surface area (Å²) in [6.07, 6.45) is 1.66. The van der Waals surface area contributed by atoms with Crippen LogP contribution < -0.4 is 14.4 Å². The van der Waals surface area contributed by atoms with Crippen molar-refractivity contribution in [2.45, 2.75) is 70.9 Å². The molecule has 9 heteroatoms. The number of hydrogen-bond donors (Lipinski definition) is 1. The minimum atomic E-state index is -4.14. The summed E-state index contributed by atoms with van der Waals surface area (Å²) in [7, 11) is -4.14. The minimum Gasteiger partial charge on any atom is -0.494 e. The molecule has 2 amide bonds. The lowest BCUT2D eigenvalue weighted by atomic mass is 10.1. The van der Waals surface area contributed by atoms with Crippen LogP contribution in [-0.2, 0) is 26.0 Å². The Morgan fingerprint density at radius 2 is 1.52 bits per heavy atom. The Balaban J connectivity index is 2.00. The molecule has 0 aliphatic carbocycles. The number of carbonyl (C=O) groups excluding carboxylic acids is 2. The third kappa shape index (κ3) is 8.58. The fraction of sp³-hybridized carbons (Fsp3) is 0.394. The number of amides is 2. The average molecular weight is 594 g/mol. The Bertz CT molecular complexity index is 1390. The highest BCUT2D eigenvalue weighted by molar-refractivity contribution is 7.92. The van der Waals surface area contributed by atoms with Gasteiger partial charge in [0.2, 0.25) is 11.8 Å². The lowest BCUT2D eigenvalue weighted by molar-refractivity contribution is -0.139. The SMILES string of the molecule is CCOc1ccc(S(=O)(=O)N(CC(=O)N(CCc2ccccc2)[C@H](CC)C(=O)N[C@H](C)CC)c2ccc(C)cc2)cc1. The first-order valence-corrected chi connectivity index (χ1v) is 16.0. The number of nitrogens with zero attached hydrogens (tertiary/aromatic N) is 2. The molecule has 0 fully saturated rings. The predicted molar refractivity (Wildman–Crippen MR) is 167 cm³/mol. The molecule has 0 saturated carbocycles. The van der Waals surface area contributed by atoms with Gasteiger partial charge in [-0.15, -0.1) is 0 Å². The molecule has 3 aromatic rings. The fourth-order valence-electron chi connectivity index (χ4n) is 4.58. The van der Waals surface area contributed by atoms with E-state index in [2.05, 4.69) is 5.32 Å². The van der Waals surface area contributed by atoms with E-state index in [0.29, 0.717) is 30.9 Å². The van der Waals surface area contributed by atoms with Crippen LogP contribution in [0.2, 0.25) is 0 Å². The van der Waals surface area contributed by atoms with Gasteiger partial charge in [0.15, 0.2) is 0 Å². The van der Waals surface area contributed by atoms with Crippen LogP contribution in [-0.4, -0.2) is 56.9 Å². The van der Waals surface area contributed by atoms with Gasteiger partial charge in [-0.05, 0) is 82.0 Å². The Labute approximate surface area is 250 Å². The number of aryl methyl sites for hydroxylation is 1. The number of hydrogen-bond acceptors (Lipinski definition) is 5. The number of anilines is 1. The van der Waals surface area contributed by atoms with E-state index in [1.807, 2.05) is 77.1 Å². The fourth-order valence-corrected chi connectivity index (χ4v) is 5.99. The summed E-state index contributed by atoms with van der Waals surface area (Å²) in [5.74, 6) is -0.142. The zero-order valence-electron chi connectivity index (χ0n) is 25.2. The second kappa shape index (κ2) is 15.4. The molecule has 0 aromatic heterocycles. The normalized spacial score (nSPS) is 12.7. The van der Waals surface area contributed by atoms with Crippen molar-refractivity contribution in [3.05, 3.63) is 90.0 Å². The van der Waals surface area contributed by atoms with E-state index in [9.17, 15) is 18.0 Å². The largest absolute Gasteiger partial charge is 0.494 e. The van der Waals surface area contributed by atoms with Crippen LogP contribution in [0.15, 0.2) is 83.8 Å². The highest BCUT2D eigenvalue weighted by atomic mass is 32.2. The van der Waals surface area contributed by atoms with Gasteiger partial charge in [0.25, 0.3) is 10.0 Å². The van der Waals surface area contributed by atoms with E-state index in [1.165, 1.54) is 17.0 Å². The summed E-state index contributed by atoms with van der Waals surface area (Å²) in [5, 5.41) is 3.00. The molecule has 0 aliphatic rings. The average Bonchev–Trinajstić information content (AvgIpc) is 2.99. The van der Waals surface area contributed by atoms with E-state index in [-0.39, 0.29) is 23.4 Å². The van der Waals surface area contributed by atoms with Gasteiger partial charge in [0, 0.05) is 12.6 Å². The molecule has 0 heterocycles. The zero-order valence-corrected chi connectivity index (χ0v) is 26.1.